The van der Waals surface area contributed by atoms with E-state index in [0.29, 0.717) is 37.1 Å². The molecule has 0 unspecified atom stereocenters. The number of piperidine rings is 1. The van der Waals surface area contributed by atoms with Gasteiger partial charge in [0.15, 0.2) is 0 Å². The molecule has 1 aromatic heterocycles. The fourth-order valence-electron chi connectivity index (χ4n) is 3.65. The summed E-state index contributed by atoms with van der Waals surface area (Å²) >= 11 is 0. The fraction of sp³-hybridized carbons (Fsp3) is 0.500. The van der Waals surface area contributed by atoms with Gasteiger partial charge >= 0.3 is 0 Å². The van der Waals surface area contributed by atoms with Crippen molar-refractivity contribution in [2.24, 2.45) is 5.92 Å². The Morgan fingerprint density at radius 3 is 2.39 bits per heavy atom. The van der Waals surface area contributed by atoms with Crippen LogP contribution in [0.25, 0.3) is 10.9 Å². The lowest BCUT2D eigenvalue weighted by Crippen LogP contribution is -2.40. The van der Waals surface area contributed by atoms with Crippen LogP contribution >= 0.6 is 0 Å². The largest absolute Gasteiger partial charge is 0.326 e. The normalized spacial score (nSPS) is 17.0. The molecular weight excluding hydrogens is 378 g/mol. The zero-order valence-corrected chi connectivity index (χ0v) is 17.5. The first-order chi connectivity index (χ1) is 12.9. The first-order valence-corrected chi connectivity index (χ1v) is 11.2. The van der Waals surface area contributed by atoms with Gasteiger partial charge in [-0.1, -0.05) is 26.8 Å². The van der Waals surface area contributed by atoms with E-state index >= 15 is 0 Å². The molecule has 3 rings (SSSR count). The highest BCUT2D eigenvalue weighted by Crippen LogP contribution is 2.29. The molecule has 8 heteroatoms. The number of carbonyl (C=O) groups is 1. The van der Waals surface area contributed by atoms with Crippen LogP contribution in [0, 0.1) is 5.92 Å². The number of benzene rings is 1. The minimum absolute atomic E-state index is 0.123. The van der Waals surface area contributed by atoms with Gasteiger partial charge in [0.25, 0.3) is 0 Å². The maximum atomic E-state index is 12.6. The van der Waals surface area contributed by atoms with Crippen molar-refractivity contribution in [3.8, 4) is 0 Å². The number of rotatable bonds is 3. The van der Waals surface area contributed by atoms with Crippen molar-refractivity contribution in [2.45, 2.75) is 39.0 Å². The monoisotopic (exact) mass is 405 g/mol. The third-order valence-corrected chi connectivity index (χ3v) is 6.52. The number of nitrogens with zero attached hydrogens (tertiary/aromatic N) is 1. The summed E-state index contributed by atoms with van der Waals surface area (Å²) in [5.74, 6) is -0.351. The molecule has 2 N–H and O–H groups in total. The van der Waals surface area contributed by atoms with E-state index in [1.165, 1.54) is 10.6 Å². The lowest BCUT2D eigenvalue weighted by Gasteiger charge is -2.29. The zero-order valence-electron chi connectivity index (χ0n) is 16.7. The number of hydrogen-bond donors (Lipinski definition) is 2. The molecule has 0 spiro atoms. The molecule has 2 aromatic rings. The first kappa shape index (κ1) is 20.5. The van der Waals surface area contributed by atoms with Gasteiger partial charge in [-0.25, -0.2) is 12.7 Å². The lowest BCUT2D eigenvalue weighted by atomic mass is 9.85. The summed E-state index contributed by atoms with van der Waals surface area (Å²) in [4.78, 5) is 27.5. The summed E-state index contributed by atoms with van der Waals surface area (Å²) in [5.41, 5.74) is 1.91. The second-order valence-corrected chi connectivity index (χ2v) is 10.5. The highest BCUT2D eigenvalue weighted by Gasteiger charge is 2.29. The SMILES string of the molecule is CC(C)(C)c1cc(=O)[nH]c2cc(NC(=O)C3CCN(S(C)(=O)=O)CC3)ccc12. The van der Waals surface area contributed by atoms with E-state index in [1.54, 1.807) is 12.1 Å². The topological polar surface area (TPSA) is 99.3 Å². The Labute approximate surface area is 165 Å². The quantitative estimate of drug-likeness (QED) is 0.819. The number of anilines is 1. The number of sulfonamides is 1. The maximum Gasteiger partial charge on any atom is 0.248 e. The average molecular weight is 406 g/mol. The molecule has 1 fully saturated rings. The molecule has 2 heterocycles. The van der Waals surface area contributed by atoms with Gasteiger partial charge < -0.3 is 10.3 Å². The zero-order chi connectivity index (χ0) is 20.7. The summed E-state index contributed by atoms with van der Waals surface area (Å²) in [6.07, 6.45) is 2.18. The standard InChI is InChI=1S/C20H27N3O4S/c1-20(2,3)16-12-18(24)22-17-11-14(5-6-15(16)17)21-19(25)13-7-9-23(10-8-13)28(4,26)27/h5-6,11-13H,7-10H2,1-4H3,(H,21,25)(H,22,24). The van der Waals surface area contributed by atoms with Gasteiger partial charge in [-0.05, 0) is 36.0 Å². The number of pyridine rings is 1. The minimum atomic E-state index is -3.21. The van der Waals surface area contributed by atoms with Gasteiger partial charge in [-0.3, -0.25) is 9.59 Å². The number of H-pyrrole nitrogens is 1. The number of aromatic nitrogens is 1. The molecule has 28 heavy (non-hydrogen) atoms. The number of hydrogen-bond acceptors (Lipinski definition) is 4. The van der Waals surface area contributed by atoms with E-state index < -0.39 is 10.0 Å². The van der Waals surface area contributed by atoms with Crippen LogP contribution in [0.15, 0.2) is 29.1 Å². The third kappa shape index (κ3) is 4.44. The molecule has 0 saturated carbocycles. The highest BCUT2D eigenvalue weighted by atomic mass is 32.2. The van der Waals surface area contributed by atoms with Gasteiger partial charge in [0.2, 0.25) is 21.5 Å². The van der Waals surface area contributed by atoms with Crippen molar-refractivity contribution in [2.75, 3.05) is 24.7 Å². The Bertz CT molecular complexity index is 1060. The molecule has 1 saturated heterocycles. The van der Waals surface area contributed by atoms with Crippen molar-refractivity contribution in [3.63, 3.8) is 0 Å². The Kier molecular flexibility index (Phi) is 5.38. The van der Waals surface area contributed by atoms with Gasteiger partial charge in [-0.2, -0.15) is 0 Å². The van der Waals surface area contributed by atoms with Crippen LogP contribution in [0.1, 0.15) is 39.2 Å². The summed E-state index contributed by atoms with van der Waals surface area (Å²) < 4.78 is 24.6. The van der Waals surface area contributed by atoms with Gasteiger partial charge in [0.1, 0.15) is 0 Å². The molecule has 1 aromatic carbocycles. The molecule has 0 radical (unpaired) electrons. The van der Waals surface area contributed by atoms with Crippen LogP contribution in [-0.2, 0) is 20.2 Å². The van der Waals surface area contributed by atoms with Crippen molar-refractivity contribution in [1.82, 2.24) is 9.29 Å². The summed E-state index contributed by atoms with van der Waals surface area (Å²) in [5, 5.41) is 3.86. The van der Waals surface area contributed by atoms with E-state index in [1.807, 2.05) is 12.1 Å². The van der Waals surface area contributed by atoms with Crippen LogP contribution in [0.3, 0.4) is 0 Å². The van der Waals surface area contributed by atoms with Crippen LogP contribution in [0.4, 0.5) is 5.69 Å². The third-order valence-electron chi connectivity index (χ3n) is 5.21. The minimum Gasteiger partial charge on any atom is -0.326 e. The Morgan fingerprint density at radius 2 is 1.82 bits per heavy atom. The fourth-order valence-corrected chi connectivity index (χ4v) is 4.53. The molecule has 152 valence electrons. The van der Waals surface area contributed by atoms with Crippen LogP contribution < -0.4 is 10.9 Å². The Balaban J connectivity index is 1.78. The van der Waals surface area contributed by atoms with Crippen molar-refractivity contribution >= 4 is 32.5 Å². The van der Waals surface area contributed by atoms with Crippen molar-refractivity contribution < 1.29 is 13.2 Å². The van der Waals surface area contributed by atoms with Crippen molar-refractivity contribution in [3.05, 3.63) is 40.2 Å². The number of aromatic amines is 1. The summed E-state index contributed by atoms with van der Waals surface area (Å²) in [6, 6.07) is 7.14. The average Bonchev–Trinajstić information content (AvgIpc) is 2.59. The van der Waals surface area contributed by atoms with Gasteiger partial charge in [0, 0.05) is 36.1 Å². The lowest BCUT2D eigenvalue weighted by molar-refractivity contribution is -0.120. The molecule has 0 bridgehead atoms. The first-order valence-electron chi connectivity index (χ1n) is 9.39. The molecule has 1 aliphatic rings. The highest BCUT2D eigenvalue weighted by molar-refractivity contribution is 7.88. The van der Waals surface area contributed by atoms with Gasteiger partial charge in [0.05, 0.1) is 11.8 Å². The molecule has 7 nitrogen and oxygen atoms in total. The second-order valence-electron chi connectivity index (χ2n) is 8.48. The molecule has 1 aliphatic heterocycles. The molecular formula is C20H27N3O4S. The smallest absolute Gasteiger partial charge is 0.248 e. The Morgan fingerprint density at radius 1 is 1.18 bits per heavy atom. The molecule has 0 aliphatic carbocycles. The number of nitrogens with one attached hydrogen (secondary N) is 2. The van der Waals surface area contributed by atoms with E-state index in [9.17, 15) is 18.0 Å². The predicted molar refractivity (Wildman–Crippen MR) is 111 cm³/mol. The van der Waals surface area contributed by atoms with E-state index in [2.05, 4.69) is 31.1 Å². The van der Waals surface area contributed by atoms with E-state index in [-0.39, 0.29) is 22.8 Å². The Hall–Kier alpha value is -2.19. The van der Waals surface area contributed by atoms with Crippen molar-refractivity contribution in [1.29, 1.82) is 0 Å². The molecule has 1 amide bonds. The predicted octanol–water partition coefficient (Wildman–Crippen LogP) is 2.44. The van der Waals surface area contributed by atoms with E-state index in [4.69, 9.17) is 0 Å². The summed E-state index contributed by atoms with van der Waals surface area (Å²) in [7, 11) is -3.21. The maximum absolute atomic E-state index is 12.6. The summed E-state index contributed by atoms with van der Waals surface area (Å²) in [6.45, 7) is 6.88. The molecule has 0 atom stereocenters. The number of amides is 1. The number of carbonyl (C=O) groups excluding carboxylic acids is 1. The second kappa shape index (κ2) is 7.33. The van der Waals surface area contributed by atoms with Crippen LogP contribution in [-0.4, -0.2) is 43.0 Å². The number of fused-ring (bicyclic) bond motifs is 1. The van der Waals surface area contributed by atoms with E-state index in [0.717, 1.165) is 10.9 Å². The van der Waals surface area contributed by atoms with Crippen LogP contribution in [0.2, 0.25) is 0 Å². The van der Waals surface area contributed by atoms with Gasteiger partial charge in [-0.15, -0.1) is 0 Å². The van der Waals surface area contributed by atoms with Crippen LogP contribution in [0.5, 0.6) is 0 Å².